The van der Waals surface area contributed by atoms with Crippen molar-refractivity contribution in [3.8, 4) is 0 Å². The number of halogens is 1. The molecule has 2 heterocycles. The maximum absolute atomic E-state index is 12.3. The van der Waals surface area contributed by atoms with E-state index in [1.165, 1.54) is 6.07 Å². The van der Waals surface area contributed by atoms with E-state index in [1.54, 1.807) is 30.3 Å². The molecule has 0 aliphatic heterocycles. The Labute approximate surface area is 166 Å². The number of thiophene rings is 1. The summed E-state index contributed by atoms with van der Waals surface area (Å²) in [6, 6.07) is 11.7. The summed E-state index contributed by atoms with van der Waals surface area (Å²) >= 11 is 6.82. The van der Waals surface area contributed by atoms with Crippen LogP contribution in [0.25, 0.3) is 0 Å². The summed E-state index contributed by atoms with van der Waals surface area (Å²) in [6.07, 6.45) is 0. The van der Waals surface area contributed by atoms with Crippen molar-refractivity contribution in [3.05, 3.63) is 52.5 Å². The SMILES string of the molecule is CCNc1nc(C)cc(Nc2ccc(NS(=O)(=O)c3ccc(Cl)s3)cc2)n1. The predicted molar refractivity (Wildman–Crippen MR) is 111 cm³/mol. The first-order valence-corrected chi connectivity index (χ1v) is 10.8. The molecule has 3 aromatic rings. The minimum absolute atomic E-state index is 0.169. The number of hydrogen-bond donors (Lipinski definition) is 3. The molecule has 0 fully saturated rings. The molecule has 0 radical (unpaired) electrons. The van der Waals surface area contributed by atoms with E-state index in [0.29, 0.717) is 21.8 Å². The van der Waals surface area contributed by atoms with Crippen molar-refractivity contribution in [2.75, 3.05) is 21.9 Å². The highest BCUT2D eigenvalue weighted by molar-refractivity contribution is 7.94. The van der Waals surface area contributed by atoms with Gasteiger partial charge < -0.3 is 10.6 Å². The monoisotopic (exact) mass is 423 g/mol. The first-order valence-electron chi connectivity index (χ1n) is 8.10. The van der Waals surface area contributed by atoms with Crippen molar-refractivity contribution in [3.63, 3.8) is 0 Å². The van der Waals surface area contributed by atoms with Crippen LogP contribution in [0.1, 0.15) is 12.6 Å². The Kier molecular flexibility index (Phi) is 5.83. The fraction of sp³-hybridized carbons (Fsp3) is 0.176. The molecule has 142 valence electrons. The molecule has 0 amide bonds. The van der Waals surface area contributed by atoms with Gasteiger partial charge in [-0.05, 0) is 50.2 Å². The van der Waals surface area contributed by atoms with Gasteiger partial charge in [0.05, 0.1) is 4.34 Å². The normalized spacial score (nSPS) is 11.2. The van der Waals surface area contributed by atoms with Gasteiger partial charge >= 0.3 is 0 Å². The van der Waals surface area contributed by atoms with Gasteiger partial charge in [-0.2, -0.15) is 4.98 Å². The predicted octanol–water partition coefficient (Wildman–Crippen LogP) is 4.48. The van der Waals surface area contributed by atoms with E-state index in [1.807, 2.05) is 19.9 Å². The number of anilines is 4. The lowest BCUT2D eigenvalue weighted by Gasteiger charge is -2.10. The maximum Gasteiger partial charge on any atom is 0.271 e. The summed E-state index contributed by atoms with van der Waals surface area (Å²) in [7, 11) is -3.65. The molecule has 7 nitrogen and oxygen atoms in total. The molecule has 2 aromatic heterocycles. The van der Waals surface area contributed by atoms with E-state index < -0.39 is 10.0 Å². The van der Waals surface area contributed by atoms with Crippen LogP contribution in [-0.2, 0) is 10.0 Å². The highest BCUT2D eigenvalue weighted by Crippen LogP contribution is 2.27. The molecule has 0 aliphatic rings. The van der Waals surface area contributed by atoms with Gasteiger partial charge in [0.1, 0.15) is 10.0 Å². The van der Waals surface area contributed by atoms with Gasteiger partial charge in [-0.25, -0.2) is 13.4 Å². The number of aromatic nitrogens is 2. The molecule has 27 heavy (non-hydrogen) atoms. The smallest absolute Gasteiger partial charge is 0.271 e. The standard InChI is InChI=1S/C17H18ClN5O2S2/c1-3-19-17-20-11(2)10-15(22-17)21-12-4-6-13(7-5-12)23-27(24,25)16-9-8-14(18)26-16/h4-10,23H,3H2,1-2H3,(H2,19,20,21,22). The molecular formula is C17H18ClN5O2S2. The maximum atomic E-state index is 12.3. The van der Waals surface area contributed by atoms with Gasteiger partial charge in [-0.1, -0.05) is 11.6 Å². The van der Waals surface area contributed by atoms with Gasteiger partial charge in [-0.15, -0.1) is 11.3 Å². The molecule has 0 bridgehead atoms. The van der Waals surface area contributed by atoms with E-state index in [-0.39, 0.29) is 4.21 Å². The number of hydrogen-bond acceptors (Lipinski definition) is 7. The molecule has 0 aliphatic carbocycles. The third-order valence-corrected chi connectivity index (χ3v) is 6.52. The Hall–Kier alpha value is -2.36. The van der Waals surface area contributed by atoms with E-state index in [4.69, 9.17) is 11.6 Å². The van der Waals surface area contributed by atoms with Crippen LogP contribution in [0.15, 0.2) is 46.7 Å². The van der Waals surface area contributed by atoms with Gasteiger partial charge in [-0.3, -0.25) is 4.72 Å². The fourth-order valence-electron chi connectivity index (χ4n) is 2.29. The molecule has 3 N–H and O–H groups in total. The van der Waals surface area contributed by atoms with E-state index >= 15 is 0 Å². The van der Waals surface area contributed by atoms with E-state index in [0.717, 1.165) is 29.3 Å². The molecule has 1 aromatic carbocycles. The van der Waals surface area contributed by atoms with Crippen LogP contribution in [0.3, 0.4) is 0 Å². The largest absolute Gasteiger partial charge is 0.354 e. The summed E-state index contributed by atoms with van der Waals surface area (Å²) in [5, 5.41) is 6.26. The molecular weight excluding hydrogens is 406 g/mol. The third kappa shape index (κ3) is 5.09. The second-order valence-corrected chi connectivity index (χ2v) is 9.24. The van der Waals surface area contributed by atoms with Crippen molar-refractivity contribution in [1.29, 1.82) is 0 Å². The van der Waals surface area contributed by atoms with Gasteiger partial charge in [0.2, 0.25) is 5.95 Å². The topological polar surface area (TPSA) is 96.0 Å². The highest BCUT2D eigenvalue weighted by Gasteiger charge is 2.16. The molecule has 3 rings (SSSR count). The lowest BCUT2D eigenvalue weighted by molar-refractivity contribution is 0.603. The number of aryl methyl sites for hydroxylation is 1. The highest BCUT2D eigenvalue weighted by atomic mass is 35.5. The lowest BCUT2D eigenvalue weighted by Crippen LogP contribution is -2.11. The van der Waals surface area contributed by atoms with Crippen LogP contribution in [0.4, 0.5) is 23.1 Å². The molecule has 0 atom stereocenters. The minimum atomic E-state index is -3.65. The number of sulfonamides is 1. The first-order chi connectivity index (χ1) is 12.9. The second kappa shape index (κ2) is 8.12. The number of benzene rings is 1. The number of nitrogens with zero attached hydrogens (tertiary/aromatic N) is 2. The average molecular weight is 424 g/mol. The van der Waals surface area contributed by atoms with Crippen molar-refractivity contribution < 1.29 is 8.42 Å². The summed E-state index contributed by atoms with van der Waals surface area (Å²) in [5.74, 6) is 1.21. The number of rotatable bonds is 7. The summed E-state index contributed by atoms with van der Waals surface area (Å²) < 4.78 is 27.8. The Morgan fingerprint density at radius 2 is 1.78 bits per heavy atom. The van der Waals surface area contributed by atoms with Crippen LogP contribution in [0, 0.1) is 6.92 Å². The zero-order chi connectivity index (χ0) is 19.4. The Morgan fingerprint density at radius 1 is 1.07 bits per heavy atom. The van der Waals surface area contributed by atoms with Crippen molar-refractivity contribution in [2.45, 2.75) is 18.1 Å². The molecule has 0 spiro atoms. The van der Waals surface area contributed by atoms with Gasteiger partial charge in [0.25, 0.3) is 10.0 Å². The molecule has 0 saturated heterocycles. The lowest BCUT2D eigenvalue weighted by atomic mass is 10.3. The summed E-state index contributed by atoms with van der Waals surface area (Å²) in [5.41, 5.74) is 2.07. The van der Waals surface area contributed by atoms with Crippen LogP contribution in [0.2, 0.25) is 4.34 Å². The zero-order valence-electron chi connectivity index (χ0n) is 14.7. The van der Waals surface area contributed by atoms with Crippen molar-refractivity contribution in [2.24, 2.45) is 0 Å². The van der Waals surface area contributed by atoms with E-state index in [2.05, 4.69) is 25.3 Å². The van der Waals surface area contributed by atoms with Crippen LogP contribution >= 0.6 is 22.9 Å². The third-order valence-electron chi connectivity index (χ3n) is 3.41. The molecule has 10 heteroatoms. The van der Waals surface area contributed by atoms with Gasteiger partial charge in [0, 0.05) is 29.7 Å². The van der Waals surface area contributed by atoms with Gasteiger partial charge in [0.15, 0.2) is 0 Å². The second-order valence-electron chi connectivity index (χ2n) is 5.61. The molecule has 0 unspecified atom stereocenters. The quantitative estimate of drug-likeness (QED) is 0.518. The molecule has 0 saturated carbocycles. The number of nitrogens with one attached hydrogen (secondary N) is 3. The zero-order valence-corrected chi connectivity index (χ0v) is 17.0. The Morgan fingerprint density at radius 3 is 2.41 bits per heavy atom. The Bertz CT molecular complexity index is 1040. The van der Waals surface area contributed by atoms with Crippen molar-refractivity contribution >= 4 is 56.1 Å². The Balaban J connectivity index is 1.72. The van der Waals surface area contributed by atoms with Crippen LogP contribution in [0.5, 0.6) is 0 Å². The summed E-state index contributed by atoms with van der Waals surface area (Å²) in [4.78, 5) is 8.69. The van der Waals surface area contributed by atoms with Crippen LogP contribution < -0.4 is 15.4 Å². The first kappa shape index (κ1) is 19.4. The minimum Gasteiger partial charge on any atom is -0.354 e. The van der Waals surface area contributed by atoms with E-state index in [9.17, 15) is 8.42 Å². The average Bonchev–Trinajstić information content (AvgIpc) is 3.04. The summed E-state index contributed by atoms with van der Waals surface area (Å²) in [6.45, 7) is 4.60. The van der Waals surface area contributed by atoms with Crippen LogP contribution in [-0.4, -0.2) is 24.9 Å². The van der Waals surface area contributed by atoms with Crippen molar-refractivity contribution in [1.82, 2.24) is 9.97 Å². The fourth-order valence-corrected chi connectivity index (χ4v) is 4.83.